The number of aromatic nitrogens is 2. The van der Waals surface area contributed by atoms with Gasteiger partial charge < -0.3 is 20.3 Å². The fourth-order valence-corrected chi connectivity index (χ4v) is 3.15. The van der Waals surface area contributed by atoms with Crippen molar-refractivity contribution in [3.8, 4) is 5.75 Å². The maximum Gasteiger partial charge on any atom is 0.573 e. The van der Waals surface area contributed by atoms with Crippen molar-refractivity contribution >= 4 is 39.2 Å². The summed E-state index contributed by atoms with van der Waals surface area (Å²) in [4.78, 5) is 36.8. The van der Waals surface area contributed by atoms with Gasteiger partial charge in [0.1, 0.15) is 4.60 Å². The summed E-state index contributed by atoms with van der Waals surface area (Å²) < 4.78 is 42.9. The molecule has 32 heavy (non-hydrogen) atoms. The fraction of sp³-hybridized carbons (Fsp3) is 0.368. The highest BCUT2D eigenvalue weighted by Gasteiger charge is 2.32. The van der Waals surface area contributed by atoms with E-state index in [-0.39, 0.29) is 23.6 Å². The molecule has 1 saturated heterocycles. The Morgan fingerprint density at radius 3 is 2.47 bits per heavy atom. The number of anilines is 2. The van der Waals surface area contributed by atoms with E-state index >= 15 is 0 Å². The monoisotopic (exact) mass is 516 g/mol. The van der Waals surface area contributed by atoms with E-state index < -0.39 is 23.9 Å². The third-order valence-electron chi connectivity index (χ3n) is 4.57. The molecule has 1 aromatic heterocycles. The van der Waals surface area contributed by atoms with E-state index in [1.165, 1.54) is 12.4 Å². The number of halogens is 4. The zero-order valence-corrected chi connectivity index (χ0v) is 18.5. The van der Waals surface area contributed by atoms with Gasteiger partial charge in [-0.3, -0.25) is 14.5 Å². The quantitative estimate of drug-likeness (QED) is 0.608. The van der Waals surface area contributed by atoms with Gasteiger partial charge in [0.2, 0.25) is 5.91 Å². The highest BCUT2D eigenvalue weighted by molar-refractivity contribution is 9.10. The highest BCUT2D eigenvalue weighted by Crippen LogP contribution is 2.31. The zero-order valence-electron chi connectivity index (χ0n) is 16.9. The number of hydrogen-bond donors (Lipinski definition) is 2. The smallest absolute Gasteiger partial charge is 0.404 e. The van der Waals surface area contributed by atoms with Crippen molar-refractivity contribution in [1.29, 1.82) is 0 Å². The van der Waals surface area contributed by atoms with Gasteiger partial charge in [0.05, 0.1) is 24.6 Å². The molecule has 172 valence electrons. The maximum absolute atomic E-state index is 12.8. The summed E-state index contributed by atoms with van der Waals surface area (Å²) in [6, 6.07) is 3.24. The molecule has 1 fully saturated rings. The standard InChI is InChI=1S/C19H20BrF3N6O3/c1-28-4-6-29(7-5-28)11-17(30)26-13-8-12(2-3-14(13)32-19(21,22)23)18(31)27-16-10-24-15(20)9-25-16/h2-3,8-10H,4-7,11H2,1H3,(H,26,30)(H,25,27,31). The van der Waals surface area contributed by atoms with E-state index in [4.69, 9.17) is 0 Å². The average Bonchev–Trinajstić information content (AvgIpc) is 2.71. The molecule has 0 aliphatic carbocycles. The van der Waals surface area contributed by atoms with Crippen molar-refractivity contribution < 1.29 is 27.5 Å². The third-order valence-corrected chi connectivity index (χ3v) is 4.98. The van der Waals surface area contributed by atoms with Crippen molar-refractivity contribution in [3.05, 3.63) is 40.8 Å². The Morgan fingerprint density at radius 2 is 1.84 bits per heavy atom. The summed E-state index contributed by atoms with van der Waals surface area (Å²) in [6.07, 6.45) is -2.28. The first-order valence-corrected chi connectivity index (χ1v) is 10.3. The molecule has 0 spiro atoms. The van der Waals surface area contributed by atoms with Crippen molar-refractivity contribution in [2.75, 3.05) is 50.4 Å². The van der Waals surface area contributed by atoms with E-state index in [0.717, 1.165) is 31.3 Å². The Labute approximate surface area is 190 Å². The topological polar surface area (TPSA) is 99.7 Å². The number of alkyl halides is 3. The number of nitrogens with one attached hydrogen (secondary N) is 2. The first kappa shape index (κ1) is 23.9. The molecule has 0 unspecified atom stereocenters. The van der Waals surface area contributed by atoms with Crippen LogP contribution in [0.25, 0.3) is 0 Å². The number of likely N-dealkylation sites (N-methyl/N-ethyl adjacent to an activating group) is 1. The molecule has 9 nitrogen and oxygen atoms in total. The van der Waals surface area contributed by atoms with E-state index in [2.05, 4.69) is 46.2 Å². The largest absolute Gasteiger partial charge is 0.573 e. The van der Waals surface area contributed by atoms with Crippen LogP contribution in [-0.4, -0.2) is 77.7 Å². The Morgan fingerprint density at radius 1 is 1.12 bits per heavy atom. The van der Waals surface area contributed by atoms with Crippen LogP contribution in [0.2, 0.25) is 0 Å². The molecule has 3 rings (SSSR count). The molecule has 0 radical (unpaired) electrons. The summed E-state index contributed by atoms with van der Waals surface area (Å²) in [5.74, 6) is -1.63. The van der Waals surface area contributed by atoms with Gasteiger partial charge in [0.25, 0.3) is 5.91 Å². The summed E-state index contributed by atoms with van der Waals surface area (Å²) in [5, 5.41) is 4.91. The van der Waals surface area contributed by atoms with Crippen molar-refractivity contribution in [2.45, 2.75) is 6.36 Å². The first-order chi connectivity index (χ1) is 15.1. The van der Waals surface area contributed by atoms with Gasteiger partial charge in [-0.1, -0.05) is 0 Å². The second-order valence-corrected chi connectivity index (χ2v) is 7.88. The number of ether oxygens (including phenoxy) is 1. The lowest BCUT2D eigenvalue weighted by molar-refractivity contribution is -0.274. The van der Waals surface area contributed by atoms with Crippen LogP contribution in [0.4, 0.5) is 24.7 Å². The second kappa shape index (κ2) is 10.2. The highest BCUT2D eigenvalue weighted by atomic mass is 79.9. The van der Waals surface area contributed by atoms with Gasteiger partial charge >= 0.3 is 6.36 Å². The van der Waals surface area contributed by atoms with Crippen LogP contribution in [0.3, 0.4) is 0 Å². The molecule has 0 bridgehead atoms. The number of carbonyl (C=O) groups is 2. The van der Waals surface area contributed by atoms with Gasteiger partial charge in [0.15, 0.2) is 11.6 Å². The first-order valence-electron chi connectivity index (χ1n) is 9.48. The normalized spacial score (nSPS) is 15.3. The Balaban J connectivity index is 1.75. The lowest BCUT2D eigenvalue weighted by Gasteiger charge is -2.31. The van der Waals surface area contributed by atoms with Crippen molar-refractivity contribution in [3.63, 3.8) is 0 Å². The zero-order chi connectivity index (χ0) is 23.3. The molecule has 0 saturated carbocycles. The van der Waals surface area contributed by atoms with E-state index in [9.17, 15) is 22.8 Å². The molecule has 1 aromatic carbocycles. The Kier molecular flexibility index (Phi) is 7.64. The van der Waals surface area contributed by atoms with Crippen LogP contribution < -0.4 is 15.4 Å². The molecular formula is C19H20BrF3N6O3. The third kappa shape index (κ3) is 7.14. The molecule has 0 atom stereocenters. The van der Waals surface area contributed by atoms with Crippen LogP contribution in [-0.2, 0) is 4.79 Å². The van der Waals surface area contributed by atoms with E-state index in [0.29, 0.717) is 17.7 Å². The predicted molar refractivity (Wildman–Crippen MR) is 113 cm³/mol. The summed E-state index contributed by atoms with van der Waals surface area (Å²) >= 11 is 3.12. The lowest BCUT2D eigenvalue weighted by atomic mass is 10.1. The molecule has 2 aromatic rings. The second-order valence-electron chi connectivity index (χ2n) is 7.06. The minimum Gasteiger partial charge on any atom is -0.404 e. The van der Waals surface area contributed by atoms with Crippen LogP contribution in [0.5, 0.6) is 5.75 Å². The van der Waals surface area contributed by atoms with E-state index in [1.54, 1.807) is 0 Å². The number of carbonyl (C=O) groups excluding carboxylic acids is 2. The SMILES string of the molecule is CN1CCN(CC(=O)Nc2cc(C(=O)Nc3cnc(Br)cn3)ccc2OC(F)(F)F)CC1. The number of piperazine rings is 1. The van der Waals surface area contributed by atoms with Crippen LogP contribution >= 0.6 is 15.9 Å². The van der Waals surface area contributed by atoms with Gasteiger partial charge in [-0.2, -0.15) is 0 Å². The van der Waals surface area contributed by atoms with E-state index in [1.807, 2.05) is 11.9 Å². The van der Waals surface area contributed by atoms with Gasteiger partial charge in [0, 0.05) is 31.7 Å². The molecule has 2 N–H and O–H groups in total. The van der Waals surface area contributed by atoms with Crippen molar-refractivity contribution in [1.82, 2.24) is 19.8 Å². The number of rotatable bonds is 6. The summed E-state index contributed by atoms with van der Waals surface area (Å²) in [5.41, 5.74) is -0.268. The number of hydrogen-bond acceptors (Lipinski definition) is 7. The molecule has 1 aliphatic heterocycles. The number of benzene rings is 1. The van der Waals surface area contributed by atoms with Crippen LogP contribution in [0.15, 0.2) is 35.2 Å². The summed E-state index contributed by atoms with van der Waals surface area (Å²) in [6.45, 7) is 2.89. The van der Waals surface area contributed by atoms with Gasteiger partial charge in [-0.25, -0.2) is 9.97 Å². The molecule has 2 heterocycles. The maximum atomic E-state index is 12.8. The molecule has 2 amide bonds. The van der Waals surface area contributed by atoms with Gasteiger partial charge in [-0.15, -0.1) is 13.2 Å². The van der Waals surface area contributed by atoms with Crippen molar-refractivity contribution in [2.24, 2.45) is 0 Å². The molecule has 13 heteroatoms. The van der Waals surface area contributed by atoms with Crippen LogP contribution in [0, 0.1) is 0 Å². The molecular weight excluding hydrogens is 497 g/mol. The Hall–Kier alpha value is -2.77. The summed E-state index contributed by atoms with van der Waals surface area (Å²) in [7, 11) is 1.97. The minimum atomic E-state index is -4.96. The average molecular weight is 517 g/mol. The van der Waals surface area contributed by atoms with Gasteiger partial charge in [-0.05, 0) is 41.2 Å². The lowest BCUT2D eigenvalue weighted by Crippen LogP contribution is -2.47. The van der Waals surface area contributed by atoms with Crippen LogP contribution in [0.1, 0.15) is 10.4 Å². The number of amides is 2. The minimum absolute atomic E-state index is 0.000796. The predicted octanol–water partition coefficient (Wildman–Crippen LogP) is 2.58. The Bertz CT molecular complexity index is 966. The molecule has 1 aliphatic rings. The fourth-order valence-electron chi connectivity index (χ4n) is 2.95. The number of nitrogens with zero attached hydrogens (tertiary/aromatic N) is 4.